The quantitative estimate of drug-likeness (QED) is 0.577. The molecule has 0 atom stereocenters. The fourth-order valence-corrected chi connectivity index (χ4v) is 1.44. The molecule has 76 valence electrons. The molecule has 2 nitrogen and oxygen atoms in total. The SMILES string of the molecule is Fc1ncc(CCl)cc1-c1ccncc1. The van der Waals surface area contributed by atoms with Gasteiger partial charge in [-0.3, -0.25) is 4.98 Å². The van der Waals surface area contributed by atoms with Gasteiger partial charge in [0.05, 0.1) is 0 Å². The highest BCUT2D eigenvalue weighted by molar-refractivity contribution is 6.17. The van der Waals surface area contributed by atoms with Crippen molar-refractivity contribution >= 4 is 11.6 Å². The van der Waals surface area contributed by atoms with E-state index in [9.17, 15) is 4.39 Å². The first-order valence-electron chi connectivity index (χ1n) is 4.42. The molecule has 2 rings (SSSR count). The van der Waals surface area contributed by atoms with Crippen molar-refractivity contribution in [2.24, 2.45) is 0 Å². The minimum absolute atomic E-state index is 0.325. The standard InChI is InChI=1S/C11H8ClFN2/c12-6-8-5-10(11(13)15-7-8)9-1-3-14-4-2-9/h1-5,7H,6H2. The Labute approximate surface area is 91.8 Å². The van der Waals surface area contributed by atoms with Gasteiger partial charge >= 0.3 is 0 Å². The molecule has 2 heterocycles. The van der Waals surface area contributed by atoms with Crippen LogP contribution in [0, 0.1) is 5.95 Å². The number of aromatic nitrogens is 2. The summed E-state index contributed by atoms with van der Waals surface area (Å²) in [5.41, 5.74) is 2.00. The van der Waals surface area contributed by atoms with Crippen LogP contribution >= 0.6 is 11.6 Å². The van der Waals surface area contributed by atoms with Gasteiger partial charge in [-0.05, 0) is 29.3 Å². The number of hydrogen-bond donors (Lipinski definition) is 0. The molecule has 2 aromatic rings. The summed E-state index contributed by atoms with van der Waals surface area (Å²) < 4.78 is 13.4. The van der Waals surface area contributed by atoms with E-state index in [2.05, 4.69) is 9.97 Å². The molecular weight excluding hydrogens is 215 g/mol. The van der Waals surface area contributed by atoms with Crippen molar-refractivity contribution in [3.05, 3.63) is 48.3 Å². The lowest BCUT2D eigenvalue weighted by molar-refractivity contribution is 0.586. The van der Waals surface area contributed by atoms with Gasteiger partial charge in [0, 0.05) is 30.0 Å². The summed E-state index contributed by atoms with van der Waals surface area (Å²) in [6.45, 7) is 0. The third-order valence-corrected chi connectivity index (χ3v) is 2.35. The lowest BCUT2D eigenvalue weighted by atomic mass is 10.1. The van der Waals surface area contributed by atoms with Gasteiger partial charge in [-0.15, -0.1) is 11.6 Å². The summed E-state index contributed by atoms with van der Waals surface area (Å²) in [5, 5.41) is 0. The van der Waals surface area contributed by atoms with Gasteiger partial charge in [-0.1, -0.05) is 0 Å². The molecule has 2 aromatic heterocycles. The fraction of sp³-hybridized carbons (Fsp3) is 0.0909. The van der Waals surface area contributed by atoms with E-state index in [1.807, 2.05) is 0 Å². The van der Waals surface area contributed by atoms with Crippen LogP contribution in [-0.2, 0) is 5.88 Å². The average molecular weight is 223 g/mol. The van der Waals surface area contributed by atoms with Crippen LogP contribution in [0.4, 0.5) is 4.39 Å². The topological polar surface area (TPSA) is 25.8 Å². The van der Waals surface area contributed by atoms with E-state index in [0.717, 1.165) is 11.1 Å². The Morgan fingerprint density at radius 2 is 2.00 bits per heavy atom. The van der Waals surface area contributed by atoms with Crippen LogP contribution in [0.25, 0.3) is 11.1 Å². The third-order valence-electron chi connectivity index (χ3n) is 2.04. The van der Waals surface area contributed by atoms with E-state index in [0.29, 0.717) is 11.4 Å². The van der Waals surface area contributed by atoms with E-state index in [1.54, 1.807) is 30.6 Å². The van der Waals surface area contributed by atoms with Gasteiger partial charge in [0.1, 0.15) is 0 Å². The first kappa shape index (κ1) is 10.1. The smallest absolute Gasteiger partial charge is 0.220 e. The Morgan fingerprint density at radius 3 is 2.67 bits per heavy atom. The van der Waals surface area contributed by atoms with Crippen molar-refractivity contribution < 1.29 is 4.39 Å². The average Bonchev–Trinajstić information content (AvgIpc) is 2.31. The third kappa shape index (κ3) is 2.13. The van der Waals surface area contributed by atoms with Gasteiger partial charge in [-0.25, -0.2) is 4.98 Å². The van der Waals surface area contributed by atoms with E-state index >= 15 is 0 Å². The number of hydrogen-bond acceptors (Lipinski definition) is 2. The molecule has 0 saturated carbocycles. The van der Waals surface area contributed by atoms with Crippen LogP contribution < -0.4 is 0 Å². The summed E-state index contributed by atoms with van der Waals surface area (Å²) >= 11 is 5.66. The second-order valence-corrected chi connectivity index (χ2v) is 3.32. The highest BCUT2D eigenvalue weighted by Crippen LogP contribution is 2.22. The largest absolute Gasteiger partial charge is 0.265 e. The summed E-state index contributed by atoms with van der Waals surface area (Å²) in [7, 11) is 0. The molecule has 0 amide bonds. The summed E-state index contributed by atoms with van der Waals surface area (Å²) in [4.78, 5) is 7.53. The fourth-order valence-electron chi connectivity index (χ4n) is 1.30. The Balaban J connectivity index is 2.52. The van der Waals surface area contributed by atoms with Gasteiger partial charge in [0.25, 0.3) is 0 Å². The van der Waals surface area contributed by atoms with Crippen LogP contribution in [0.5, 0.6) is 0 Å². The zero-order valence-electron chi connectivity index (χ0n) is 7.82. The summed E-state index contributed by atoms with van der Waals surface area (Å²) in [5.74, 6) is -0.166. The lowest BCUT2D eigenvalue weighted by Gasteiger charge is -2.03. The van der Waals surface area contributed by atoms with E-state index < -0.39 is 5.95 Å². The second-order valence-electron chi connectivity index (χ2n) is 3.05. The van der Waals surface area contributed by atoms with Crippen LogP contribution in [0.2, 0.25) is 0 Å². The van der Waals surface area contributed by atoms with E-state index in [-0.39, 0.29) is 0 Å². The van der Waals surface area contributed by atoms with E-state index in [4.69, 9.17) is 11.6 Å². The molecule has 0 aromatic carbocycles. The van der Waals surface area contributed by atoms with Gasteiger partial charge in [0.2, 0.25) is 5.95 Å². The zero-order valence-corrected chi connectivity index (χ0v) is 8.58. The van der Waals surface area contributed by atoms with Crippen LogP contribution in [0.1, 0.15) is 5.56 Å². The predicted molar refractivity (Wildman–Crippen MR) is 57.0 cm³/mol. The number of pyridine rings is 2. The normalized spacial score (nSPS) is 10.3. The number of nitrogens with zero attached hydrogens (tertiary/aromatic N) is 2. The number of rotatable bonds is 2. The summed E-state index contributed by atoms with van der Waals surface area (Å²) in [6, 6.07) is 5.17. The molecule has 0 fully saturated rings. The molecule has 0 unspecified atom stereocenters. The molecule has 0 saturated heterocycles. The maximum absolute atomic E-state index is 13.4. The first-order valence-corrected chi connectivity index (χ1v) is 4.95. The number of alkyl halides is 1. The zero-order chi connectivity index (χ0) is 10.7. The van der Waals surface area contributed by atoms with Crippen molar-refractivity contribution in [1.82, 2.24) is 9.97 Å². The Hall–Kier alpha value is -1.48. The Morgan fingerprint density at radius 1 is 1.27 bits per heavy atom. The van der Waals surface area contributed by atoms with E-state index in [1.165, 1.54) is 6.20 Å². The van der Waals surface area contributed by atoms with Gasteiger partial charge in [-0.2, -0.15) is 4.39 Å². The predicted octanol–water partition coefficient (Wildman–Crippen LogP) is 3.02. The maximum Gasteiger partial charge on any atom is 0.220 e. The van der Waals surface area contributed by atoms with Gasteiger partial charge in [0.15, 0.2) is 0 Å². The molecular formula is C11H8ClFN2. The highest BCUT2D eigenvalue weighted by Gasteiger charge is 2.06. The Kier molecular flexibility index (Phi) is 2.92. The van der Waals surface area contributed by atoms with Crippen molar-refractivity contribution in [2.45, 2.75) is 5.88 Å². The molecule has 0 spiro atoms. The lowest BCUT2D eigenvalue weighted by Crippen LogP contribution is -1.91. The number of halogens is 2. The van der Waals surface area contributed by atoms with Crippen LogP contribution in [0.15, 0.2) is 36.8 Å². The minimum Gasteiger partial charge on any atom is -0.265 e. The van der Waals surface area contributed by atoms with Crippen molar-refractivity contribution in [3.8, 4) is 11.1 Å². The molecule has 0 aliphatic heterocycles. The van der Waals surface area contributed by atoms with Crippen LogP contribution in [0.3, 0.4) is 0 Å². The second kappa shape index (κ2) is 4.36. The van der Waals surface area contributed by atoms with Crippen molar-refractivity contribution in [2.75, 3.05) is 0 Å². The molecule has 15 heavy (non-hydrogen) atoms. The van der Waals surface area contributed by atoms with Crippen LogP contribution in [-0.4, -0.2) is 9.97 Å². The monoisotopic (exact) mass is 222 g/mol. The Bertz CT molecular complexity index is 459. The first-order chi connectivity index (χ1) is 7.31. The molecule has 0 radical (unpaired) electrons. The van der Waals surface area contributed by atoms with Crippen molar-refractivity contribution in [3.63, 3.8) is 0 Å². The maximum atomic E-state index is 13.4. The minimum atomic E-state index is -0.491. The summed E-state index contributed by atoms with van der Waals surface area (Å²) in [6.07, 6.45) is 4.66. The molecule has 0 aliphatic rings. The molecule has 4 heteroatoms. The molecule has 0 bridgehead atoms. The highest BCUT2D eigenvalue weighted by atomic mass is 35.5. The van der Waals surface area contributed by atoms with Gasteiger partial charge < -0.3 is 0 Å². The van der Waals surface area contributed by atoms with Crippen molar-refractivity contribution in [1.29, 1.82) is 0 Å². The molecule has 0 N–H and O–H groups in total. The molecule has 0 aliphatic carbocycles.